The van der Waals surface area contributed by atoms with Gasteiger partial charge in [0.25, 0.3) is 0 Å². The van der Waals surface area contributed by atoms with Gasteiger partial charge in [-0.2, -0.15) is 0 Å². The van der Waals surface area contributed by atoms with E-state index in [-0.39, 0.29) is 0 Å². The molecule has 11 heavy (non-hydrogen) atoms. The van der Waals surface area contributed by atoms with Crippen molar-refractivity contribution < 1.29 is 0 Å². The van der Waals surface area contributed by atoms with Crippen molar-refractivity contribution in [2.24, 2.45) is 5.92 Å². The topological polar surface area (TPSA) is 3.24 Å². The molecular weight excluding hydrogens is 134 g/mol. The molecule has 0 bridgehead atoms. The minimum atomic E-state index is 0.676. The van der Waals surface area contributed by atoms with E-state index < -0.39 is 0 Å². The molecule has 1 heteroatoms. The minimum absolute atomic E-state index is 0.676. The van der Waals surface area contributed by atoms with E-state index in [1.807, 2.05) is 0 Å². The van der Waals surface area contributed by atoms with Crippen molar-refractivity contribution in [3.8, 4) is 0 Å². The molecule has 1 nitrogen and oxygen atoms in total. The van der Waals surface area contributed by atoms with Crippen LogP contribution in [0.3, 0.4) is 0 Å². The lowest BCUT2D eigenvalue weighted by Crippen LogP contribution is -2.31. The molecule has 2 rings (SSSR count). The molecule has 1 aliphatic carbocycles. The van der Waals surface area contributed by atoms with Crippen molar-refractivity contribution in [2.75, 3.05) is 7.05 Å². The number of likely N-dealkylation sites (tertiary alicyclic amines) is 1. The largest absolute Gasteiger partial charge is 0.297 e. The highest BCUT2D eigenvalue weighted by atomic mass is 15.2. The van der Waals surface area contributed by atoms with E-state index in [0.29, 0.717) is 6.04 Å². The quantitative estimate of drug-likeness (QED) is 0.508. The average Bonchev–Trinajstić information content (AvgIpc) is 2.30. The van der Waals surface area contributed by atoms with Gasteiger partial charge in [0, 0.05) is 12.1 Å². The number of fused-ring (bicyclic) bond motifs is 1. The predicted octanol–water partition coefficient (Wildman–Crippen LogP) is 1.82. The molecule has 0 amide bonds. The highest BCUT2D eigenvalue weighted by Gasteiger charge is 2.33. The monoisotopic (exact) mass is 149 g/mol. The van der Waals surface area contributed by atoms with Crippen LogP contribution in [0.2, 0.25) is 0 Å². The van der Waals surface area contributed by atoms with Crippen molar-refractivity contribution >= 4 is 0 Å². The molecule has 0 saturated carbocycles. The molecule has 1 aliphatic heterocycles. The van der Waals surface area contributed by atoms with Crippen LogP contribution < -0.4 is 0 Å². The third-order valence-electron chi connectivity index (χ3n) is 3.00. The molecule has 1 saturated heterocycles. The molecule has 0 aromatic carbocycles. The van der Waals surface area contributed by atoms with Gasteiger partial charge >= 0.3 is 0 Å². The first-order chi connectivity index (χ1) is 5.29. The van der Waals surface area contributed by atoms with Gasteiger partial charge in [-0.05, 0) is 26.3 Å². The van der Waals surface area contributed by atoms with Gasteiger partial charge in [0.15, 0.2) is 0 Å². The van der Waals surface area contributed by atoms with Crippen LogP contribution in [0.4, 0.5) is 0 Å². The Balaban J connectivity index is 2.20. The summed E-state index contributed by atoms with van der Waals surface area (Å²) in [7, 11) is 2.22. The first-order valence-electron chi connectivity index (χ1n) is 4.36. The Hall–Kier alpha value is -0.560. The molecule has 0 aromatic heterocycles. The summed E-state index contributed by atoms with van der Waals surface area (Å²) in [5, 5.41) is 0. The van der Waals surface area contributed by atoms with Crippen LogP contribution in [-0.2, 0) is 0 Å². The molecule has 0 spiro atoms. The molecule has 3 unspecified atom stereocenters. The lowest BCUT2D eigenvalue weighted by atomic mass is 9.95. The number of nitrogens with zero attached hydrogens (tertiary/aromatic N) is 1. The molecular formula is C10H15N. The van der Waals surface area contributed by atoms with Gasteiger partial charge in [0.05, 0.1) is 0 Å². The standard InChI is InChI=1S/C10H15N/c1-8-7-9-5-3-4-6-10(9)11(8)2/h3-6,8-10H,7H2,1-2H3. The fourth-order valence-corrected chi connectivity index (χ4v) is 2.15. The summed E-state index contributed by atoms with van der Waals surface area (Å²) in [5.74, 6) is 0.778. The summed E-state index contributed by atoms with van der Waals surface area (Å²) < 4.78 is 0. The fourth-order valence-electron chi connectivity index (χ4n) is 2.15. The lowest BCUT2D eigenvalue weighted by Gasteiger charge is -2.23. The van der Waals surface area contributed by atoms with Crippen LogP contribution in [0.1, 0.15) is 13.3 Å². The maximum absolute atomic E-state index is 2.46. The maximum Gasteiger partial charge on any atom is 0.0344 e. The number of hydrogen-bond acceptors (Lipinski definition) is 1. The van der Waals surface area contributed by atoms with Crippen LogP contribution in [0.5, 0.6) is 0 Å². The average molecular weight is 149 g/mol. The van der Waals surface area contributed by atoms with E-state index in [1.54, 1.807) is 0 Å². The van der Waals surface area contributed by atoms with Crippen molar-refractivity contribution in [3.63, 3.8) is 0 Å². The second-order valence-corrected chi connectivity index (χ2v) is 3.67. The normalized spacial score (nSPS) is 42.9. The summed E-state index contributed by atoms with van der Waals surface area (Å²) in [5.41, 5.74) is 0. The molecule has 0 aromatic rings. The Morgan fingerprint density at radius 1 is 1.27 bits per heavy atom. The van der Waals surface area contributed by atoms with Crippen LogP contribution in [-0.4, -0.2) is 24.0 Å². The van der Waals surface area contributed by atoms with Gasteiger partial charge in [0.2, 0.25) is 0 Å². The van der Waals surface area contributed by atoms with Gasteiger partial charge < -0.3 is 0 Å². The van der Waals surface area contributed by atoms with E-state index in [1.165, 1.54) is 6.42 Å². The Morgan fingerprint density at radius 2 is 2.00 bits per heavy atom. The molecule has 3 atom stereocenters. The number of rotatable bonds is 0. The molecule has 1 fully saturated rings. The summed E-state index contributed by atoms with van der Waals surface area (Å²) >= 11 is 0. The second kappa shape index (κ2) is 2.49. The van der Waals surface area contributed by atoms with Crippen LogP contribution in [0.25, 0.3) is 0 Å². The smallest absolute Gasteiger partial charge is 0.0344 e. The predicted molar refractivity (Wildman–Crippen MR) is 47.4 cm³/mol. The van der Waals surface area contributed by atoms with Crippen molar-refractivity contribution in [1.82, 2.24) is 4.90 Å². The Kier molecular flexibility index (Phi) is 1.61. The third-order valence-corrected chi connectivity index (χ3v) is 3.00. The fraction of sp³-hybridized carbons (Fsp3) is 0.600. The summed E-state index contributed by atoms with van der Waals surface area (Å²) in [4.78, 5) is 2.46. The number of likely N-dealkylation sites (N-methyl/N-ethyl adjacent to an activating group) is 1. The summed E-state index contributed by atoms with van der Waals surface area (Å²) in [6, 6.07) is 1.42. The van der Waals surface area contributed by atoms with E-state index >= 15 is 0 Å². The zero-order valence-corrected chi connectivity index (χ0v) is 7.20. The van der Waals surface area contributed by atoms with Crippen LogP contribution in [0.15, 0.2) is 24.3 Å². The van der Waals surface area contributed by atoms with Gasteiger partial charge in [-0.15, -0.1) is 0 Å². The number of allylic oxidation sites excluding steroid dienone is 2. The Morgan fingerprint density at radius 3 is 2.73 bits per heavy atom. The summed E-state index contributed by atoms with van der Waals surface area (Å²) in [6.45, 7) is 2.31. The van der Waals surface area contributed by atoms with Gasteiger partial charge in [-0.1, -0.05) is 24.3 Å². The SMILES string of the molecule is CC1CC2C=CC=CC2N1C. The van der Waals surface area contributed by atoms with E-state index in [0.717, 1.165) is 12.0 Å². The van der Waals surface area contributed by atoms with Gasteiger partial charge in [0.1, 0.15) is 0 Å². The second-order valence-electron chi connectivity index (χ2n) is 3.67. The Bertz CT molecular complexity index is 205. The number of hydrogen-bond donors (Lipinski definition) is 0. The molecule has 1 heterocycles. The summed E-state index contributed by atoms with van der Waals surface area (Å²) in [6.07, 6.45) is 10.3. The maximum atomic E-state index is 2.46. The van der Waals surface area contributed by atoms with Gasteiger partial charge in [-0.25, -0.2) is 0 Å². The third kappa shape index (κ3) is 1.04. The van der Waals surface area contributed by atoms with Crippen LogP contribution >= 0.6 is 0 Å². The zero-order valence-electron chi connectivity index (χ0n) is 7.20. The molecule has 0 N–H and O–H groups in total. The lowest BCUT2D eigenvalue weighted by molar-refractivity contribution is 0.279. The highest BCUT2D eigenvalue weighted by Crippen LogP contribution is 2.31. The molecule has 60 valence electrons. The first-order valence-corrected chi connectivity index (χ1v) is 4.36. The zero-order chi connectivity index (χ0) is 7.84. The van der Waals surface area contributed by atoms with Crippen molar-refractivity contribution in [2.45, 2.75) is 25.4 Å². The first kappa shape index (κ1) is 7.11. The van der Waals surface area contributed by atoms with Gasteiger partial charge in [-0.3, -0.25) is 4.90 Å². The van der Waals surface area contributed by atoms with E-state index in [2.05, 4.69) is 43.2 Å². The Labute approximate surface area is 68.4 Å². The molecule has 0 radical (unpaired) electrons. The molecule has 2 aliphatic rings. The van der Waals surface area contributed by atoms with E-state index in [9.17, 15) is 0 Å². The van der Waals surface area contributed by atoms with Crippen LogP contribution in [0, 0.1) is 5.92 Å². The van der Waals surface area contributed by atoms with Crippen molar-refractivity contribution in [3.05, 3.63) is 24.3 Å². The van der Waals surface area contributed by atoms with E-state index in [4.69, 9.17) is 0 Å². The van der Waals surface area contributed by atoms with Crippen molar-refractivity contribution in [1.29, 1.82) is 0 Å². The minimum Gasteiger partial charge on any atom is -0.297 e. The highest BCUT2D eigenvalue weighted by molar-refractivity contribution is 5.20.